The van der Waals surface area contributed by atoms with E-state index in [2.05, 4.69) is 10.5 Å². The van der Waals surface area contributed by atoms with Gasteiger partial charge in [0.15, 0.2) is 5.84 Å². The third-order valence-electron chi connectivity index (χ3n) is 3.67. The zero-order valence-corrected chi connectivity index (χ0v) is 13.8. The van der Waals surface area contributed by atoms with Crippen molar-refractivity contribution in [2.24, 2.45) is 4.40 Å². The zero-order chi connectivity index (χ0) is 17.2. The van der Waals surface area contributed by atoms with Gasteiger partial charge in [0, 0.05) is 12.6 Å². The van der Waals surface area contributed by atoms with Gasteiger partial charge in [0.2, 0.25) is 0 Å². The highest BCUT2D eigenvalue weighted by molar-refractivity contribution is 7.90. The molecule has 0 saturated heterocycles. The van der Waals surface area contributed by atoms with Crippen LogP contribution >= 0.6 is 0 Å². The predicted octanol–water partition coefficient (Wildman–Crippen LogP) is 2.02. The van der Waals surface area contributed by atoms with Crippen molar-refractivity contribution in [1.82, 2.24) is 4.90 Å². The normalized spacial score (nSPS) is 14.4. The summed E-state index contributed by atoms with van der Waals surface area (Å²) in [4.78, 5) is 1.96. The molecule has 0 amide bonds. The molecule has 122 valence electrons. The lowest BCUT2D eigenvalue weighted by Gasteiger charge is -2.19. The van der Waals surface area contributed by atoms with Gasteiger partial charge in [-0.3, -0.25) is 0 Å². The average molecular weight is 341 g/mol. The summed E-state index contributed by atoms with van der Waals surface area (Å²) < 4.78 is 33.6. The first kappa shape index (κ1) is 16.0. The van der Waals surface area contributed by atoms with E-state index in [9.17, 15) is 8.42 Å². The van der Waals surface area contributed by atoms with Gasteiger partial charge in [-0.25, -0.2) is 0 Å². The first-order chi connectivity index (χ1) is 11.5. The lowest BCUT2D eigenvalue weighted by atomic mass is 10.2. The Morgan fingerprint density at radius 2 is 1.88 bits per heavy atom. The number of ether oxygens (including phenoxy) is 1. The van der Waals surface area contributed by atoms with Crippen LogP contribution < -0.4 is 4.74 Å². The van der Waals surface area contributed by atoms with Crippen molar-refractivity contribution >= 4 is 15.9 Å². The number of nitriles is 1. The summed E-state index contributed by atoms with van der Waals surface area (Å²) in [7, 11) is -1.87. The summed E-state index contributed by atoms with van der Waals surface area (Å²) in [5.41, 5.74) is 1.06. The molecule has 6 nitrogen and oxygen atoms in total. The van der Waals surface area contributed by atoms with Crippen LogP contribution in [-0.4, -0.2) is 39.4 Å². The number of likely N-dealkylation sites (N-methyl/N-ethyl adjacent to an activating group) is 1. The van der Waals surface area contributed by atoms with Crippen LogP contribution in [0.5, 0.6) is 5.75 Å². The van der Waals surface area contributed by atoms with Crippen molar-refractivity contribution < 1.29 is 13.2 Å². The molecule has 7 heteroatoms. The molecular weight excluding hydrogens is 326 g/mol. The zero-order valence-electron chi connectivity index (χ0n) is 13.0. The molecule has 24 heavy (non-hydrogen) atoms. The lowest BCUT2D eigenvalue weighted by molar-refractivity contribution is 0.284. The van der Waals surface area contributed by atoms with E-state index in [1.165, 1.54) is 0 Å². The van der Waals surface area contributed by atoms with Crippen LogP contribution in [0.2, 0.25) is 0 Å². The van der Waals surface area contributed by atoms with Crippen LogP contribution in [0.4, 0.5) is 0 Å². The van der Waals surface area contributed by atoms with Crippen molar-refractivity contribution in [3.63, 3.8) is 0 Å². The SMILES string of the molecule is CN(CCOc1ccccc1C#N)C1=NS(=O)(=O)c2ccccc21. The molecule has 0 aromatic heterocycles. The van der Waals surface area contributed by atoms with Gasteiger partial charge >= 0.3 is 0 Å². The Labute approximate surface area is 140 Å². The molecule has 0 spiro atoms. The number of rotatable bonds is 4. The molecule has 1 heterocycles. The van der Waals surface area contributed by atoms with E-state index in [4.69, 9.17) is 10.00 Å². The molecule has 0 saturated carbocycles. The molecule has 0 aliphatic carbocycles. The van der Waals surface area contributed by atoms with E-state index in [-0.39, 0.29) is 4.90 Å². The minimum atomic E-state index is -3.63. The van der Waals surface area contributed by atoms with E-state index in [0.717, 1.165) is 0 Å². The van der Waals surface area contributed by atoms with Crippen molar-refractivity contribution in [3.05, 3.63) is 59.7 Å². The summed E-state index contributed by atoms with van der Waals surface area (Å²) in [6, 6.07) is 15.8. The summed E-state index contributed by atoms with van der Waals surface area (Å²) in [6.45, 7) is 0.735. The monoisotopic (exact) mass is 341 g/mol. The van der Waals surface area contributed by atoms with Crippen LogP contribution in [0.1, 0.15) is 11.1 Å². The number of hydrogen-bond donors (Lipinski definition) is 0. The Morgan fingerprint density at radius 1 is 1.17 bits per heavy atom. The summed E-state index contributed by atoms with van der Waals surface area (Å²) >= 11 is 0. The van der Waals surface area contributed by atoms with Crippen molar-refractivity contribution in [1.29, 1.82) is 5.26 Å². The number of fused-ring (bicyclic) bond motifs is 1. The molecule has 0 unspecified atom stereocenters. The van der Waals surface area contributed by atoms with Gasteiger partial charge < -0.3 is 9.64 Å². The largest absolute Gasteiger partial charge is 0.490 e. The smallest absolute Gasteiger partial charge is 0.285 e. The third kappa shape index (κ3) is 2.96. The fourth-order valence-electron chi connectivity index (χ4n) is 2.45. The number of nitrogens with zero attached hydrogens (tertiary/aromatic N) is 3. The molecule has 2 aromatic carbocycles. The molecule has 1 aliphatic heterocycles. The van der Waals surface area contributed by atoms with Crippen molar-refractivity contribution in [2.45, 2.75) is 4.90 Å². The highest BCUT2D eigenvalue weighted by atomic mass is 32.2. The summed E-state index contributed by atoms with van der Waals surface area (Å²) in [5, 5.41) is 9.04. The Balaban J connectivity index is 1.71. The maximum absolute atomic E-state index is 12.1. The molecule has 0 radical (unpaired) electrons. The molecule has 3 rings (SSSR count). The minimum Gasteiger partial charge on any atom is -0.490 e. The Kier molecular flexibility index (Phi) is 4.23. The van der Waals surface area contributed by atoms with E-state index in [1.807, 2.05) is 0 Å². The molecule has 0 atom stereocenters. The summed E-state index contributed by atoms with van der Waals surface area (Å²) in [5.74, 6) is 0.914. The minimum absolute atomic E-state index is 0.225. The molecular formula is C17H15N3O3S. The van der Waals surface area contributed by atoms with Gasteiger partial charge in [0.05, 0.1) is 12.1 Å². The number of benzene rings is 2. The molecule has 0 bridgehead atoms. The first-order valence-electron chi connectivity index (χ1n) is 7.30. The predicted molar refractivity (Wildman–Crippen MR) is 89.4 cm³/mol. The highest BCUT2D eigenvalue weighted by Crippen LogP contribution is 2.26. The standard InChI is InChI=1S/C17H15N3O3S/c1-20(10-11-23-15-8-4-2-6-13(15)12-18)17-14-7-3-5-9-16(14)24(21,22)19-17/h2-9H,10-11H2,1H3. The number of sulfonamides is 1. The fourth-order valence-corrected chi connectivity index (χ4v) is 3.70. The van der Waals surface area contributed by atoms with Gasteiger partial charge in [0.25, 0.3) is 10.0 Å². The second-order valence-corrected chi connectivity index (χ2v) is 6.84. The molecule has 1 aliphatic rings. The number of para-hydroxylation sites is 1. The highest BCUT2D eigenvalue weighted by Gasteiger charge is 2.30. The Morgan fingerprint density at radius 3 is 2.67 bits per heavy atom. The maximum Gasteiger partial charge on any atom is 0.285 e. The van der Waals surface area contributed by atoms with E-state index >= 15 is 0 Å². The van der Waals surface area contributed by atoms with Gasteiger partial charge in [-0.1, -0.05) is 24.3 Å². The molecule has 0 N–H and O–H groups in total. The van der Waals surface area contributed by atoms with E-state index < -0.39 is 10.0 Å². The second-order valence-electron chi connectivity index (χ2n) is 5.26. The first-order valence-corrected chi connectivity index (χ1v) is 8.74. The molecule has 0 fully saturated rings. The maximum atomic E-state index is 12.1. The van der Waals surface area contributed by atoms with Gasteiger partial charge in [0.1, 0.15) is 23.3 Å². The number of amidine groups is 1. The van der Waals surface area contributed by atoms with Crippen LogP contribution in [0.15, 0.2) is 57.8 Å². The van der Waals surface area contributed by atoms with Crippen LogP contribution in [-0.2, 0) is 10.0 Å². The average Bonchev–Trinajstić information content (AvgIpc) is 2.87. The third-order valence-corrected chi connectivity index (χ3v) is 4.99. The van der Waals surface area contributed by atoms with Crippen LogP contribution in [0, 0.1) is 11.3 Å². The van der Waals surface area contributed by atoms with Crippen LogP contribution in [0.25, 0.3) is 0 Å². The number of hydrogen-bond acceptors (Lipinski definition) is 5. The Bertz CT molecular complexity index is 946. The van der Waals surface area contributed by atoms with Crippen molar-refractivity contribution in [3.8, 4) is 11.8 Å². The quantitative estimate of drug-likeness (QED) is 0.849. The van der Waals surface area contributed by atoms with Gasteiger partial charge in [-0.05, 0) is 24.3 Å². The van der Waals surface area contributed by atoms with Gasteiger partial charge in [-0.2, -0.15) is 13.7 Å². The Hall–Kier alpha value is -2.85. The molecule has 2 aromatic rings. The summed E-state index contributed by atoms with van der Waals surface area (Å²) in [6.07, 6.45) is 0. The van der Waals surface area contributed by atoms with Crippen molar-refractivity contribution in [2.75, 3.05) is 20.2 Å². The van der Waals surface area contributed by atoms with Gasteiger partial charge in [-0.15, -0.1) is 4.40 Å². The lowest BCUT2D eigenvalue weighted by Crippen LogP contribution is -2.30. The second kappa shape index (κ2) is 6.34. The van der Waals surface area contributed by atoms with Crippen LogP contribution in [0.3, 0.4) is 0 Å². The van der Waals surface area contributed by atoms with E-state index in [0.29, 0.717) is 35.9 Å². The fraction of sp³-hybridized carbons (Fsp3) is 0.176. The topological polar surface area (TPSA) is 82.8 Å². The van der Waals surface area contributed by atoms with E-state index in [1.54, 1.807) is 60.5 Å².